The summed E-state index contributed by atoms with van der Waals surface area (Å²) < 4.78 is 20.8. The van der Waals surface area contributed by atoms with Crippen LogP contribution in [-0.2, 0) is 6.61 Å². The molecule has 1 atom stereocenters. The van der Waals surface area contributed by atoms with E-state index >= 15 is 0 Å². The zero-order chi connectivity index (χ0) is 19.0. The molecule has 0 aliphatic carbocycles. The third kappa shape index (κ3) is 3.50. The predicted octanol–water partition coefficient (Wildman–Crippen LogP) is 3.87. The van der Waals surface area contributed by atoms with Gasteiger partial charge in [0.25, 0.3) is 5.91 Å². The number of anilines is 1. The first kappa shape index (κ1) is 17.5. The van der Waals surface area contributed by atoms with E-state index in [1.165, 1.54) is 18.3 Å². The Balaban J connectivity index is 1.55. The molecular formula is C19H16ClFN4O2. The molecule has 8 heteroatoms. The van der Waals surface area contributed by atoms with E-state index in [0.29, 0.717) is 34.5 Å². The number of hydrogen-bond donors (Lipinski definition) is 0. The van der Waals surface area contributed by atoms with Crippen LogP contribution in [-0.4, -0.2) is 27.2 Å². The van der Waals surface area contributed by atoms with Crippen LogP contribution in [0.15, 0.2) is 48.7 Å². The Morgan fingerprint density at radius 1 is 1.30 bits per heavy atom. The van der Waals surface area contributed by atoms with Gasteiger partial charge in [0.05, 0.1) is 11.1 Å². The summed E-state index contributed by atoms with van der Waals surface area (Å²) in [6, 6.07) is 11.0. The van der Waals surface area contributed by atoms with Gasteiger partial charge < -0.3 is 9.64 Å². The van der Waals surface area contributed by atoms with Crippen molar-refractivity contribution in [3.8, 4) is 5.88 Å². The maximum atomic E-state index is 13.5. The Labute approximate surface area is 160 Å². The largest absolute Gasteiger partial charge is 0.471 e. The van der Waals surface area contributed by atoms with Crippen molar-refractivity contribution in [2.24, 2.45) is 0 Å². The summed E-state index contributed by atoms with van der Waals surface area (Å²) in [6.07, 6.45) is 1.50. The summed E-state index contributed by atoms with van der Waals surface area (Å²) in [4.78, 5) is 18.5. The van der Waals surface area contributed by atoms with Crippen molar-refractivity contribution in [3.63, 3.8) is 0 Å². The van der Waals surface area contributed by atoms with Crippen LogP contribution in [0, 0.1) is 5.82 Å². The number of rotatable bonds is 4. The minimum atomic E-state index is -0.378. The molecule has 27 heavy (non-hydrogen) atoms. The third-order valence-electron chi connectivity index (χ3n) is 4.30. The topological polar surface area (TPSA) is 60.3 Å². The molecule has 0 unspecified atom stereocenters. The minimum absolute atomic E-state index is 0.0524. The van der Waals surface area contributed by atoms with E-state index in [4.69, 9.17) is 16.3 Å². The number of fused-ring (bicyclic) bond motifs is 1. The molecule has 3 heterocycles. The lowest BCUT2D eigenvalue weighted by molar-refractivity contribution is 0.0953. The van der Waals surface area contributed by atoms with Crippen molar-refractivity contribution in [2.45, 2.75) is 19.6 Å². The number of nitrogens with zero attached hydrogens (tertiary/aromatic N) is 4. The second-order valence-corrected chi connectivity index (χ2v) is 6.75. The van der Waals surface area contributed by atoms with Crippen molar-refractivity contribution in [3.05, 3.63) is 70.9 Å². The Morgan fingerprint density at radius 2 is 2.15 bits per heavy atom. The fourth-order valence-electron chi connectivity index (χ4n) is 3.04. The smallest absolute Gasteiger partial charge is 0.276 e. The lowest BCUT2D eigenvalue weighted by Crippen LogP contribution is -2.42. The second-order valence-electron chi connectivity index (χ2n) is 6.31. The Hall–Kier alpha value is -2.93. The lowest BCUT2D eigenvalue weighted by Gasteiger charge is -2.31. The van der Waals surface area contributed by atoms with Crippen LogP contribution in [0.4, 0.5) is 10.1 Å². The third-order valence-corrected chi connectivity index (χ3v) is 4.53. The summed E-state index contributed by atoms with van der Waals surface area (Å²) in [5.41, 5.74) is 1.59. The van der Waals surface area contributed by atoms with Crippen molar-refractivity contribution in [1.29, 1.82) is 0 Å². The highest BCUT2D eigenvalue weighted by Crippen LogP contribution is 2.27. The molecule has 0 N–H and O–H groups in total. The Kier molecular flexibility index (Phi) is 4.53. The highest BCUT2D eigenvalue weighted by Gasteiger charge is 2.31. The van der Waals surface area contributed by atoms with E-state index in [1.54, 1.807) is 39.9 Å². The fraction of sp³-hybridized carbons (Fsp3) is 0.211. The van der Waals surface area contributed by atoms with E-state index in [-0.39, 0.29) is 24.4 Å². The zero-order valence-corrected chi connectivity index (χ0v) is 15.2. The molecule has 3 aromatic rings. The molecule has 1 aliphatic heterocycles. The van der Waals surface area contributed by atoms with Gasteiger partial charge in [-0.15, -0.1) is 0 Å². The van der Waals surface area contributed by atoms with Gasteiger partial charge in [-0.1, -0.05) is 17.7 Å². The monoisotopic (exact) mass is 386 g/mol. The van der Waals surface area contributed by atoms with Crippen molar-refractivity contribution >= 4 is 23.2 Å². The summed E-state index contributed by atoms with van der Waals surface area (Å²) in [6.45, 7) is 2.55. The first-order valence-electron chi connectivity index (χ1n) is 8.41. The number of halogens is 2. The molecule has 1 amide bonds. The van der Waals surface area contributed by atoms with Crippen LogP contribution in [0.2, 0.25) is 5.02 Å². The van der Waals surface area contributed by atoms with E-state index < -0.39 is 0 Å². The van der Waals surface area contributed by atoms with Gasteiger partial charge in [-0.05, 0) is 37.3 Å². The molecule has 6 nitrogen and oxygen atoms in total. The first-order chi connectivity index (χ1) is 13.0. The van der Waals surface area contributed by atoms with Gasteiger partial charge in [-0.25, -0.2) is 9.37 Å². The first-order valence-corrected chi connectivity index (χ1v) is 8.79. The summed E-state index contributed by atoms with van der Waals surface area (Å²) >= 11 is 5.80. The molecule has 0 saturated heterocycles. The SMILES string of the molecule is C[C@@H]1CN(c2cccc(F)c2)C(=O)c2cc(COc3ccc(Cl)cn3)nn21. The number of carbonyl (C=O) groups excluding carboxylic acids is 1. The predicted molar refractivity (Wildman–Crippen MR) is 98.6 cm³/mol. The van der Waals surface area contributed by atoms with Gasteiger partial charge in [0.15, 0.2) is 0 Å². The number of amides is 1. The fourth-order valence-corrected chi connectivity index (χ4v) is 3.15. The molecule has 138 valence electrons. The van der Waals surface area contributed by atoms with Crippen LogP contribution in [0.5, 0.6) is 5.88 Å². The van der Waals surface area contributed by atoms with Gasteiger partial charge >= 0.3 is 0 Å². The van der Waals surface area contributed by atoms with Crippen LogP contribution in [0.25, 0.3) is 0 Å². The molecule has 0 radical (unpaired) electrons. The van der Waals surface area contributed by atoms with Gasteiger partial charge in [0.2, 0.25) is 5.88 Å². The molecule has 0 bridgehead atoms. The van der Waals surface area contributed by atoms with Gasteiger partial charge in [-0.3, -0.25) is 9.48 Å². The number of benzene rings is 1. The van der Waals surface area contributed by atoms with Crippen molar-refractivity contribution in [1.82, 2.24) is 14.8 Å². The molecule has 1 aromatic carbocycles. The highest BCUT2D eigenvalue weighted by atomic mass is 35.5. The van der Waals surface area contributed by atoms with Gasteiger partial charge in [0, 0.05) is 24.5 Å². The van der Waals surface area contributed by atoms with Crippen molar-refractivity contribution in [2.75, 3.05) is 11.4 Å². The van der Waals surface area contributed by atoms with Crippen LogP contribution < -0.4 is 9.64 Å². The normalized spacial score (nSPS) is 16.3. The molecular weight excluding hydrogens is 371 g/mol. The number of hydrogen-bond acceptors (Lipinski definition) is 4. The van der Waals surface area contributed by atoms with E-state index in [1.807, 2.05) is 6.92 Å². The lowest BCUT2D eigenvalue weighted by atomic mass is 10.1. The summed E-state index contributed by atoms with van der Waals surface area (Å²) in [7, 11) is 0. The number of aromatic nitrogens is 3. The average Bonchev–Trinajstić information content (AvgIpc) is 3.09. The summed E-state index contributed by atoms with van der Waals surface area (Å²) in [5.74, 6) is -0.176. The Bertz CT molecular complexity index is 990. The van der Waals surface area contributed by atoms with Crippen LogP contribution in [0.3, 0.4) is 0 Å². The van der Waals surface area contributed by atoms with Crippen LogP contribution in [0.1, 0.15) is 29.1 Å². The zero-order valence-electron chi connectivity index (χ0n) is 14.5. The van der Waals surface area contributed by atoms with Crippen molar-refractivity contribution < 1.29 is 13.9 Å². The Morgan fingerprint density at radius 3 is 2.89 bits per heavy atom. The number of ether oxygens (including phenoxy) is 1. The standard InChI is InChI=1S/C19H16ClFN4O2/c1-12-10-24(16-4-2-3-14(21)7-16)19(26)17-8-15(23-25(12)17)11-27-18-6-5-13(20)9-22-18/h2-9,12H,10-11H2,1H3/t12-/m1/s1. The number of carbonyl (C=O) groups is 1. The quantitative estimate of drug-likeness (QED) is 0.683. The maximum Gasteiger partial charge on any atom is 0.276 e. The molecule has 2 aromatic heterocycles. The minimum Gasteiger partial charge on any atom is -0.471 e. The molecule has 0 saturated carbocycles. The molecule has 0 fully saturated rings. The van der Waals surface area contributed by atoms with E-state index in [2.05, 4.69) is 10.1 Å². The van der Waals surface area contributed by atoms with Gasteiger partial charge in [-0.2, -0.15) is 5.10 Å². The molecule has 0 spiro atoms. The van der Waals surface area contributed by atoms with Gasteiger partial charge in [0.1, 0.15) is 23.8 Å². The summed E-state index contributed by atoms with van der Waals surface area (Å²) in [5, 5.41) is 5.00. The van der Waals surface area contributed by atoms with Crippen LogP contribution >= 0.6 is 11.6 Å². The van der Waals surface area contributed by atoms with E-state index in [0.717, 1.165) is 0 Å². The second kappa shape index (κ2) is 7.00. The number of pyridine rings is 1. The molecule has 4 rings (SSSR count). The van der Waals surface area contributed by atoms with E-state index in [9.17, 15) is 9.18 Å². The average molecular weight is 387 g/mol. The molecule has 1 aliphatic rings. The maximum absolute atomic E-state index is 13.5. The highest BCUT2D eigenvalue weighted by molar-refractivity contribution is 6.30.